The molecule has 0 bridgehead atoms. The van der Waals surface area contributed by atoms with Crippen LogP contribution >= 0.6 is 11.3 Å². The van der Waals surface area contributed by atoms with Crippen LogP contribution in [0.4, 0.5) is 0 Å². The molecule has 3 rings (SSSR count). The van der Waals surface area contributed by atoms with Crippen molar-refractivity contribution in [2.45, 2.75) is 33.4 Å². The first-order valence-corrected chi connectivity index (χ1v) is 11.1. The van der Waals surface area contributed by atoms with Crippen LogP contribution in [0.1, 0.15) is 41.1 Å². The molecule has 1 saturated heterocycles. The van der Waals surface area contributed by atoms with Gasteiger partial charge >= 0.3 is 0 Å². The molecule has 0 radical (unpaired) electrons. The summed E-state index contributed by atoms with van der Waals surface area (Å²) < 4.78 is 0. The summed E-state index contributed by atoms with van der Waals surface area (Å²) in [5.41, 5.74) is 2.40. The van der Waals surface area contributed by atoms with Crippen LogP contribution in [0.3, 0.4) is 0 Å². The number of carbonyl (C=O) groups is 2. The minimum Gasteiger partial charge on any atom is -0.350 e. The van der Waals surface area contributed by atoms with Gasteiger partial charge in [0.15, 0.2) is 0 Å². The average molecular weight is 414 g/mol. The number of nitrogens with zero attached hydrogens (tertiary/aromatic N) is 2. The molecule has 1 aromatic heterocycles. The van der Waals surface area contributed by atoms with Crippen LogP contribution in [0.5, 0.6) is 0 Å². The molecule has 0 aliphatic carbocycles. The highest BCUT2D eigenvalue weighted by molar-refractivity contribution is 7.12. The summed E-state index contributed by atoms with van der Waals surface area (Å²) >= 11 is 1.39. The third-order valence-corrected chi connectivity index (χ3v) is 6.25. The predicted octanol–water partition coefficient (Wildman–Crippen LogP) is 3.61. The van der Waals surface area contributed by atoms with Crippen molar-refractivity contribution in [3.8, 4) is 0 Å². The largest absolute Gasteiger partial charge is 0.350 e. The Labute approximate surface area is 177 Å². The fourth-order valence-corrected chi connectivity index (χ4v) is 4.89. The molecular weight excluding hydrogens is 382 g/mol. The van der Waals surface area contributed by atoms with Crippen molar-refractivity contribution in [3.05, 3.63) is 57.8 Å². The molecule has 0 unspecified atom stereocenters. The smallest absolute Gasteiger partial charge is 0.264 e. The van der Waals surface area contributed by atoms with Crippen molar-refractivity contribution in [3.63, 3.8) is 0 Å². The number of likely N-dealkylation sites (tertiary alicyclic amines) is 1. The summed E-state index contributed by atoms with van der Waals surface area (Å²) in [6.45, 7) is 8.35. The first kappa shape index (κ1) is 21.5. The number of amides is 2. The van der Waals surface area contributed by atoms with E-state index in [1.54, 1.807) is 13.1 Å². The Hall–Kier alpha value is -2.18. The fraction of sp³-hybridized carbons (Fsp3) is 0.478. The van der Waals surface area contributed by atoms with E-state index in [4.69, 9.17) is 0 Å². The van der Waals surface area contributed by atoms with Gasteiger partial charge < -0.3 is 10.2 Å². The summed E-state index contributed by atoms with van der Waals surface area (Å²) in [6.07, 6.45) is 1.30. The molecule has 2 aromatic rings. The second kappa shape index (κ2) is 10.0. The Kier molecular flexibility index (Phi) is 7.45. The van der Waals surface area contributed by atoms with Gasteiger partial charge in [-0.3, -0.25) is 14.5 Å². The second-order valence-corrected chi connectivity index (χ2v) is 9.27. The van der Waals surface area contributed by atoms with E-state index in [0.29, 0.717) is 11.4 Å². The number of piperidine rings is 1. The minimum atomic E-state index is -0.146. The van der Waals surface area contributed by atoms with Crippen molar-refractivity contribution in [2.75, 3.05) is 26.7 Å². The van der Waals surface area contributed by atoms with Crippen molar-refractivity contribution in [2.24, 2.45) is 11.8 Å². The van der Waals surface area contributed by atoms with Gasteiger partial charge in [0.2, 0.25) is 5.91 Å². The Balaban J connectivity index is 1.54. The van der Waals surface area contributed by atoms with E-state index in [-0.39, 0.29) is 18.4 Å². The maximum Gasteiger partial charge on any atom is 0.264 e. The number of rotatable bonds is 7. The Morgan fingerprint density at radius 2 is 1.79 bits per heavy atom. The number of hydrogen-bond donors (Lipinski definition) is 1. The van der Waals surface area contributed by atoms with Crippen LogP contribution < -0.4 is 5.32 Å². The molecule has 2 heterocycles. The quantitative estimate of drug-likeness (QED) is 0.754. The Bertz CT molecular complexity index is 811. The molecule has 2 amide bonds. The van der Waals surface area contributed by atoms with E-state index in [1.807, 2.05) is 17.5 Å². The van der Waals surface area contributed by atoms with Crippen LogP contribution in [0.15, 0.2) is 41.8 Å². The molecule has 2 atom stereocenters. The molecule has 5 nitrogen and oxygen atoms in total. The number of thiophene rings is 1. The van der Waals surface area contributed by atoms with Gasteiger partial charge in [-0.2, -0.15) is 0 Å². The zero-order chi connectivity index (χ0) is 20.8. The summed E-state index contributed by atoms with van der Waals surface area (Å²) in [6, 6.07) is 11.9. The third-order valence-electron chi connectivity index (χ3n) is 5.39. The molecule has 0 saturated carbocycles. The SMILES string of the molecule is C[C@@H]1C[C@@H](C)CN(Cc2ccccc2CNC(=O)CN(C)C(=O)c2cccs2)C1. The molecule has 1 aromatic carbocycles. The lowest BCUT2D eigenvalue weighted by molar-refractivity contribution is -0.121. The van der Waals surface area contributed by atoms with E-state index >= 15 is 0 Å². The number of nitrogens with one attached hydrogen (secondary N) is 1. The monoisotopic (exact) mass is 413 g/mol. The second-order valence-electron chi connectivity index (χ2n) is 8.32. The first-order chi connectivity index (χ1) is 13.9. The predicted molar refractivity (Wildman–Crippen MR) is 118 cm³/mol. The lowest BCUT2D eigenvalue weighted by Gasteiger charge is -2.35. The van der Waals surface area contributed by atoms with E-state index in [1.165, 1.54) is 28.2 Å². The van der Waals surface area contributed by atoms with Gasteiger partial charge in [-0.15, -0.1) is 11.3 Å². The van der Waals surface area contributed by atoms with Gasteiger partial charge in [0.05, 0.1) is 11.4 Å². The molecule has 1 aliphatic rings. The van der Waals surface area contributed by atoms with Crippen LogP contribution in [0, 0.1) is 11.8 Å². The molecule has 29 heavy (non-hydrogen) atoms. The van der Waals surface area contributed by atoms with Gasteiger partial charge in [0.1, 0.15) is 0 Å². The van der Waals surface area contributed by atoms with E-state index in [0.717, 1.165) is 37.0 Å². The summed E-state index contributed by atoms with van der Waals surface area (Å²) in [7, 11) is 1.66. The van der Waals surface area contributed by atoms with Gasteiger partial charge in [0.25, 0.3) is 5.91 Å². The van der Waals surface area contributed by atoms with Crippen LogP contribution in [-0.2, 0) is 17.9 Å². The Morgan fingerprint density at radius 3 is 2.45 bits per heavy atom. The van der Waals surface area contributed by atoms with E-state index in [2.05, 4.69) is 42.3 Å². The standard InChI is InChI=1S/C23H31N3O2S/c1-17-11-18(2)14-26(13-17)15-20-8-5-4-7-19(20)12-24-22(27)16-25(3)23(28)21-9-6-10-29-21/h4-10,17-18H,11-16H2,1-3H3,(H,24,27)/t17-,18-/m1/s1. The van der Waals surface area contributed by atoms with Gasteiger partial charge in [-0.1, -0.05) is 44.2 Å². The zero-order valence-electron chi connectivity index (χ0n) is 17.6. The van der Waals surface area contributed by atoms with E-state index < -0.39 is 0 Å². The number of hydrogen-bond acceptors (Lipinski definition) is 4. The highest BCUT2D eigenvalue weighted by Gasteiger charge is 2.22. The molecule has 156 valence electrons. The fourth-order valence-electron chi connectivity index (χ4n) is 4.17. The minimum absolute atomic E-state index is 0.0556. The van der Waals surface area contributed by atoms with Crippen molar-refractivity contribution in [1.29, 1.82) is 0 Å². The van der Waals surface area contributed by atoms with Gasteiger partial charge in [0, 0.05) is 33.2 Å². The van der Waals surface area contributed by atoms with Crippen LogP contribution in [-0.4, -0.2) is 48.3 Å². The number of benzene rings is 1. The molecule has 6 heteroatoms. The molecule has 1 fully saturated rings. The summed E-state index contributed by atoms with van der Waals surface area (Å²) in [4.78, 5) is 29.3. The van der Waals surface area contributed by atoms with Gasteiger partial charge in [-0.25, -0.2) is 0 Å². The lowest BCUT2D eigenvalue weighted by Crippen LogP contribution is -2.39. The summed E-state index contributed by atoms with van der Waals surface area (Å²) in [5.74, 6) is 1.18. The topological polar surface area (TPSA) is 52.7 Å². The van der Waals surface area contributed by atoms with Gasteiger partial charge in [-0.05, 0) is 40.8 Å². The van der Waals surface area contributed by atoms with Crippen molar-refractivity contribution < 1.29 is 9.59 Å². The number of likely N-dealkylation sites (N-methyl/N-ethyl adjacent to an activating group) is 1. The van der Waals surface area contributed by atoms with Crippen molar-refractivity contribution in [1.82, 2.24) is 15.1 Å². The highest BCUT2D eigenvalue weighted by atomic mass is 32.1. The van der Waals surface area contributed by atoms with Crippen LogP contribution in [0.2, 0.25) is 0 Å². The Morgan fingerprint density at radius 1 is 1.10 bits per heavy atom. The van der Waals surface area contributed by atoms with E-state index in [9.17, 15) is 9.59 Å². The molecule has 0 spiro atoms. The first-order valence-electron chi connectivity index (χ1n) is 10.3. The highest BCUT2D eigenvalue weighted by Crippen LogP contribution is 2.23. The third kappa shape index (κ3) is 6.15. The maximum absolute atomic E-state index is 12.4. The number of carbonyl (C=O) groups excluding carboxylic acids is 2. The zero-order valence-corrected chi connectivity index (χ0v) is 18.4. The molecular formula is C23H31N3O2S. The molecule has 1 aliphatic heterocycles. The lowest BCUT2D eigenvalue weighted by atomic mass is 9.91. The molecule has 1 N–H and O–H groups in total. The normalized spacial score (nSPS) is 19.7. The maximum atomic E-state index is 12.4. The van der Waals surface area contributed by atoms with Crippen LogP contribution in [0.25, 0.3) is 0 Å². The summed E-state index contributed by atoms with van der Waals surface area (Å²) in [5, 5.41) is 4.84. The average Bonchev–Trinajstić information content (AvgIpc) is 3.20. The van der Waals surface area contributed by atoms with Crippen molar-refractivity contribution >= 4 is 23.2 Å².